The van der Waals surface area contributed by atoms with Gasteiger partial charge in [0.05, 0.1) is 5.69 Å². The second-order valence-corrected chi connectivity index (χ2v) is 5.27. The smallest absolute Gasteiger partial charge is 0.179 e. The number of tetrazole rings is 1. The number of benzene rings is 1. The van der Waals surface area contributed by atoms with E-state index in [0.717, 1.165) is 36.6 Å². The first-order valence-corrected chi connectivity index (χ1v) is 6.82. The Kier molecular flexibility index (Phi) is 3.29. The van der Waals surface area contributed by atoms with Crippen molar-refractivity contribution < 1.29 is 0 Å². The van der Waals surface area contributed by atoms with Crippen LogP contribution in [0.2, 0.25) is 0 Å². The van der Waals surface area contributed by atoms with Gasteiger partial charge in [0.2, 0.25) is 0 Å². The molecule has 1 aromatic heterocycles. The quantitative estimate of drug-likeness (QED) is 0.890. The lowest BCUT2D eigenvalue weighted by Gasteiger charge is -2.19. The van der Waals surface area contributed by atoms with Crippen LogP contribution in [0.1, 0.15) is 35.7 Å². The minimum absolute atomic E-state index is 0.396. The van der Waals surface area contributed by atoms with Gasteiger partial charge in [0, 0.05) is 12.5 Å². The number of hydrogen-bond donors (Lipinski definition) is 1. The minimum Gasteiger partial charge on any atom is -0.316 e. The topological polar surface area (TPSA) is 55.6 Å². The lowest BCUT2D eigenvalue weighted by atomic mass is 9.99. The van der Waals surface area contributed by atoms with Crippen LogP contribution < -0.4 is 5.32 Å². The third-order valence-corrected chi connectivity index (χ3v) is 3.67. The van der Waals surface area contributed by atoms with E-state index in [4.69, 9.17) is 0 Å². The lowest BCUT2D eigenvalue weighted by molar-refractivity contribution is 0.446. The summed E-state index contributed by atoms with van der Waals surface area (Å²) in [6, 6.07) is 6.29. The Morgan fingerprint density at radius 3 is 3.00 bits per heavy atom. The summed E-state index contributed by atoms with van der Waals surface area (Å²) in [5, 5.41) is 16.4. The number of nitrogens with one attached hydrogen (secondary N) is 1. The van der Waals surface area contributed by atoms with Gasteiger partial charge in [-0.1, -0.05) is 12.1 Å². The Bertz CT molecular complexity index is 569. The molecule has 1 fully saturated rings. The molecular formula is C14H19N5. The highest BCUT2D eigenvalue weighted by molar-refractivity contribution is 5.41. The molecule has 1 aliphatic heterocycles. The van der Waals surface area contributed by atoms with Crippen molar-refractivity contribution in [1.29, 1.82) is 0 Å². The SMILES string of the molecule is Cc1ccc(C)c(-n2nnc(C3CCCNC3)n2)c1. The number of rotatable bonds is 2. The van der Waals surface area contributed by atoms with E-state index < -0.39 is 0 Å². The monoisotopic (exact) mass is 257 g/mol. The van der Waals surface area contributed by atoms with Crippen molar-refractivity contribution in [1.82, 2.24) is 25.5 Å². The summed E-state index contributed by atoms with van der Waals surface area (Å²) in [5.74, 6) is 1.25. The molecule has 1 saturated heterocycles. The van der Waals surface area contributed by atoms with Gasteiger partial charge in [-0.3, -0.25) is 0 Å². The first-order valence-electron chi connectivity index (χ1n) is 6.82. The summed E-state index contributed by atoms with van der Waals surface area (Å²) < 4.78 is 0. The van der Waals surface area contributed by atoms with E-state index in [9.17, 15) is 0 Å². The van der Waals surface area contributed by atoms with Gasteiger partial charge in [0.15, 0.2) is 5.82 Å². The molecule has 19 heavy (non-hydrogen) atoms. The zero-order valence-electron chi connectivity index (χ0n) is 11.4. The number of hydrogen-bond acceptors (Lipinski definition) is 4. The molecule has 1 unspecified atom stereocenters. The standard InChI is InChI=1S/C14H19N5/c1-10-5-6-11(2)13(8-10)19-17-14(16-18-19)12-4-3-7-15-9-12/h5-6,8,12,15H,3-4,7,9H2,1-2H3. The number of aromatic nitrogens is 4. The third-order valence-electron chi connectivity index (χ3n) is 3.67. The van der Waals surface area contributed by atoms with E-state index in [2.05, 4.69) is 52.8 Å². The van der Waals surface area contributed by atoms with Crippen molar-refractivity contribution in [3.63, 3.8) is 0 Å². The van der Waals surface area contributed by atoms with Crippen molar-refractivity contribution in [3.05, 3.63) is 35.2 Å². The fourth-order valence-corrected chi connectivity index (χ4v) is 2.50. The van der Waals surface area contributed by atoms with Crippen LogP contribution in [0, 0.1) is 13.8 Å². The molecule has 1 N–H and O–H groups in total. The zero-order valence-corrected chi connectivity index (χ0v) is 11.4. The van der Waals surface area contributed by atoms with Crippen molar-refractivity contribution in [2.24, 2.45) is 0 Å². The van der Waals surface area contributed by atoms with Crippen LogP contribution in [0.5, 0.6) is 0 Å². The summed E-state index contributed by atoms with van der Waals surface area (Å²) >= 11 is 0. The van der Waals surface area contributed by atoms with Crippen LogP contribution in [0.15, 0.2) is 18.2 Å². The van der Waals surface area contributed by atoms with Gasteiger partial charge in [-0.05, 0) is 55.6 Å². The molecule has 0 amide bonds. The number of piperidine rings is 1. The van der Waals surface area contributed by atoms with E-state index in [0.29, 0.717) is 5.92 Å². The average molecular weight is 257 g/mol. The molecule has 5 nitrogen and oxygen atoms in total. The predicted octanol–water partition coefficient (Wildman–Crippen LogP) is 1.75. The van der Waals surface area contributed by atoms with Gasteiger partial charge in [-0.15, -0.1) is 15.0 Å². The summed E-state index contributed by atoms with van der Waals surface area (Å²) in [4.78, 5) is 1.66. The van der Waals surface area contributed by atoms with Gasteiger partial charge in [0.25, 0.3) is 0 Å². The maximum Gasteiger partial charge on any atom is 0.179 e. The summed E-state index contributed by atoms with van der Waals surface area (Å²) in [6.07, 6.45) is 2.33. The van der Waals surface area contributed by atoms with Crippen LogP contribution >= 0.6 is 0 Å². The van der Waals surface area contributed by atoms with E-state index in [1.165, 1.54) is 12.0 Å². The maximum atomic E-state index is 4.56. The molecule has 1 aliphatic rings. The molecule has 1 atom stereocenters. The first kappa shape index (κ1) is 12.3. The van der Waals surface area contributed by atoms with E-state index in [1.54, 1.807) is 4.80 Å². The van der Waals surface area contributed by atoms with Crippen molar-refractivity contribution in [3.8, 4) is 5.69 Å². The second-order valence-electron chi connectivity index (χ2n) is 5.27. The van der Waals surface area contributed by atoms with Crippen LogP contribution in [-0.4, -0.2) is 33.3 Å². The van der Waals surface area contributed by atoms with E-state index in [-0.39, 0.29) is 0 Å². The van der Waals surface area contributed by atoms with Gasteiger partial charge < -0.3 is 5.32 Å². The van der Waals surface area contributed by atoms with Gasteiger partial charge in [-0.25, -0.2) is 0 Å². The Hall–Kier alpha value is -1.75. The fourth-order valence-electron chi connectivity index (χ4n) is 2.50. The highest BCUT2D eigenvalue weighted by Crippen LogP contribution is 2.20. The second kappa shape index (κ2) is 5.09. The fraction of sp³-hybridized carbons (Fsp3) is 0.500. The third kappa shape index (κ3) is 2.51. The largest absolute Gasteiger partial charge is 0.316 e. The Morgan fingerprint density at radius 2 is 2.21 bits per heavy atom. The molecule has 0 saturated carbocycles. The molecular weight excluding hydrogens is 238 g/mol. The van der Waals surface area contributed by atoms with E-state index in [1.807, 2.05) is 0 Å². The normalized spacial score (nSPS) is 19.6. The summed E-state index contributed by atoms with van der Waals surface area (Å²) in [6.45, 7) is 6.20. The number of nitrogens with zero attached hydrogens (tertiary/aromatic N) is 4. The van der Waals surface area contributed by atoms with Crippen LogP contribution in [0.4, 0.5) is 0 Å². The minimum atomic E-state index is 0.396. The van der Waals surface area contributed by atoms with Crippen LogP contribution in [0.3, 0.4) is 0 Å². The molecule has 2 aromatic rings. The lowest BCUT2D eigenvalue weighted by Crippen LogP contribution is -2.29. The highest BCUT2D eigenvalue weighted by atomic mass is 15.6. The molecule has 0 spiro atoms. The summed E-state index contributed by atoms with van der Waals surface area (Å²) in [7, 11) is 0. The maximum absolute atomic E-state index is 4.56. The Morgan fingerprint density at radius 1 is 1.32 bits per heavy atom. The molecule has 5 heteroatoms. The van der Waals surface area contributed by atoms with Gasteiger partial charge in [0.1, 0.15) is 0 Å². The van der Waals surface area contributed by atoms with Crippen molar-refractivity contribution in [2.75, 3.05) is 13.1 Å². The molecule has 0 bridgehead atoms. The highest BCUT2D eigenvalue weighted by Gasteiger charge is 2.20. The molecule has 3 rings (SSSR count). The first-order chi connectivity index (χ1) is 9.24. The van der Waals surface area contributed by atoms with Crippen molar-refractivity contribution in [2.45, 2.75) is 32.6 Å². The summed E-state index contributed by atoms with van der Waals surface area (Å²) in [5.41, 5.74) is 3.39. The Balaban J connectivity index is 1.89. The van der Waals surface area contributed by atoms with E-state index >= 15 is 0 Å². The van der Waals surface area contributed by atoms with Crippen LogP contribution in [0.25, 0.3) is 5.69 Å². The number of aryl methyl sites for hydroxylation is 2. The molecule has 100 valence electrons. The molecule has 0 aliphatic carbocycles. The predicted molar refractivity (Wildman–Crippen MR) is 73.5 cm³/mol. The average Bonchev–Trinajstić information content (AvgIpc) is 2.92. The van der Waals surface area contributed by atoms with Gasteiger partial charge in [-0.2, -0.15) is 0 Å². The molecule has 2 heterocycles. The molecule has 1 aromatic carbocycles. The Labute approximate surface area is 113 Å². The van der Waals surface area contributed by atoms with Gasteiger partial charge >= 0.3 is 0 Å². The van der Waals surface area contributed by atoms with Crippen LogP contribution in [-0.2, 0) is 0 Å². The van der Waals surface area contributed by atoms with Crippen molar-refractivity contribution >= 4 is 0 Å². The molecule has 0 radical (unpaired) electrons. The zero-order chi connectivity index (χ0) is 13.2.